The van der Waals surface area contributed by atoms with E-state index in [4.69, 9.17) is 4.74 Å². The van der Waals surface area contributed by atoms with Crippen LogP contribution in [0.2, 0.25) is 0 Å². The minimum Gasteiger partial charge on any atom is -0.490 e. The molecule has 1 aliphatic heterocycles. The summed E-state index contributed by atoms with van der Waals surface area (Å²) in [6, 6.07) is 6.43. The Morgan fingerprint density at radius 2 is 2.10 bits per heavy atom. The Hall–Kier alpha value is -0.980. The van der Waals surface area contributed by atoms with Gasteiger partial charge in [0.05, 0.1) is 0 Å². The number of rotatable bonds is 0. The molecule has 0 fully saturated rings. The summed E-state index contributed by atoms with van der Waals surface area (Å²) in [5, 5.41) is 0. The molecule has 0 amide bonds. The maximum absolute atomic E-state index is 5.60. The molecule has 1 heteroatoms. The van der Waals surface area contributed by atoms with Gasteiger partial charge >= 0.3 is 0 Å². The normalized spacial score (nSPS) is 25.0. The molecule has 3 bridgehead atoms. The highest BCUT2D eigenvalue weighted by molar-refractivity contribution is 5.42. The molecule has 1 heterocycles. The van der Waals surface area contributed by atoms with Gasteiger partial charge in [-0.3, -0.25) is 0 Å². The van der Waals surface area contributed by atoms with Gasteiger partial charge in [0.1, 0.15) is 11.9 Å². The Balaban J connectivity index is 2.38. The summed E-state index contributed by atoms with van der Waals surface area (Å²) in [6.07, 6.45) is 2.75. The quantitative estimate of drug-likeness (QED) is 0.520. The van der Waals surface area contributed by atoms with Crippen molar-refractivity contribution in [3.63, 3.8) is 0 Å². The molecule has 1 atom stereocenters. The number of benzene rings is 1. The van der Waals surface area contributed by atoms with Crippen LogP contribution in [0.15, 0.2) is 18.2 Å². The molecule has 0 saturated heterocycles. The zero-order chi connectivity index (χ0) is 6.55. The van der Waals surface area contributed by atoms with Gasteiger partial charge in [-0.05, 0) is 23.3 Å². The number of ether oxygens (including phenoxy) is 1. The highest BCUT2D eigenvalue weighted by Gasteiger charge is 2.27. The van der Waals surface area contributed by atoms with Gasteiger partial charge in [-0.15, -0.1) is 0 Å². The van der Waals surface area contributed by atoms with E-state index in [0.717, 1.165) is 18.6 Å². The largest absolute Gasteiger partial charge is 0.490 e. The third-order valence-corrected chi connectivity index (χ3v) is 2.38. The van der Waals surface area contributed by atoms with Crippen molar-refractivity contribution in [2.45, 2.75) is 18.9 Å². The van der Waals surface area contributed by atoms with Crippen molar-refractivity contribution in [1.29, 1.82) is 0 Å². The predicted molar refractivity (Wildman–Crippen MR) is 38.3 cm³/mol. The van der Waals surface area contributed by atoms with E-state index in [1.54, 1.807) is 0 Å². The molecule has 1 nitrogen and oxygen atoms in total. The van der Waals surface area contributed by atoms with Crippen molar-refractivity contribution < 1.29 is 4.74 Å². The van der Waals surface area contributed by atoms with Crippen LogP contribution in [0.3, 0.4) is 0 Å². The first-order chi connectivity index (χ1) is 4.92. The molecule has 1 aliphatic carbocycles. The second kappa shape index (κ2) is 1.36. The molecule has 1 unspecified atom stereocenters. The lowest BCUT2D eigenvalue weighted by Crippen LogP contribution is -2.17. The van der Waals surface area contributed by atoms with Crippen molar-refractivity contribution in [3.8, 4) is 5.75 Å². The summed E-state index contributed by atoms with van der Waals surface area (Å²) >= 11 is 0. The average Bonchev–Trinajstić information content (AvgIpc) is 2.11. The summed E-state index contributed by atoms with van der Waals surface area (Å²) in [4.78, 5) is 0. The van der Waals surface area contributed by atoms with E-state index in [2.05, 4.69) is 18.2 Å². The van der Waals surface area contributed by atoms with Crippen molar-refractivity contribution in [3.05, 3.63) is 29.3 Å². The van der Waals surface area contributed by atoms with Gasteiger partial charge in [0, 0.05) is 12.8 Å². The summed E-state index contributed by atoms with van der Waals surface area (Å²) in [7, 11) is 0. The van der Waals surface area contributed by atoms with E-state index in [-0.39, 0.29) is 0 Å². The van der Waals surface area contributed by atoms with Crippen LogP contribution >= 0.6 is 0 Å². The first kappa shape index (κ1) is 4.78. The van der Waals surface area contributed by atoms with Crippen LogP contribution in [0.1, 0.15) is 11.1 Å². The Morgan fingerprint density at radius 1 is 1.20 bits per heavy atom. The maximum atomic E-state index is 5.60. The van der Waals surface area contributed by atoms with Crippen LogP contribution in [-0.4, -0.2) is 6.10 Å². The molecule has 0 N–H and O–H groups in total. The van der Waals surface area contributed by atoms with Crippen LogP contribution < -0.4 is 4.74 Å². The second-order valence-electron chi connectivity index (χ2n) is 3.08. The smallest absolute Gasteiger partial charge is 0.120 e. The predicted octanol–water partition coefficient (Wildman–Crippen LogP) is 1.55. The first-order valence-electron chi connectivity index (χ1n) is 3.70. The van der Waals surface area contributed by atoms with Crippen molar-refractivity contribution in [2.24, 2.45) is 0 Å². The topological polar surface area (TPSA) is 9.23 Å². The zero-order valence-electron chi connectivity index (χ0n) is 5.63. The van der Waals surface area contributed by atoms with Gasteiger partial charge in [0.15, 0.2) is 0 Å². The number of hydrogen-bond donors (Lipinski definition) is 0. The summed E-state index contributed by atoms with van der Waals surface area (Å²) in [5.41, 5.74) is 3.00. The fourth-order valence-electron chi connectivity index (χ4n) is 1.90. The molecule has 50 valence electrons. The third kappa shape index (κ3) is 0.441. The standard InChI is InChI=1S/C9H8O/c1-2-8-4-7-5-9(10-8)3-6(1)7/h1-2,4,9H,3,5H2. The molecule has 10 heavy (non-hydrogen) atoms. The van der Waals surface area contributed by atoms with Gasteiger partial charge in [-0.2, -0.15) is 0 Å². The average molecular weight is 132 g/mol. The Kier molecular flexibility index (Phi) is 0.652. The fraction of sp³-hybridized carbons (Fsp3) is 0.333. The van der Waals surface area contributed by atoms with E-state index in [1.165, 1.54) is 11.1 Å². The molecule has 0 spiro atoms. The van der Waals surface area contributed by atoms with E-state index in [0.29, 0.717) is 6.10 Å². The van der Waals surface area contributed by atoms with Crippen molar-refractivity contribution in [1.82, 2.24) is 0 Å². The van der Waals surface area contributed by atoms with Gasteiger partial charge in [0.25, 0.3) is 0 Å². The summed E-state index contributed by atoms with van der Waals surface area (Å²) in [6.45, 7) is 0. The number of hydrogen-bond acceptors (Lipinski definition) is 1. The van der Waals surface area contributed by atoms with E-state index >= 15 is 0 Å². The minimum atomic E-state index is 0.472. The summed E-state index contributed by atoms with van der Waals surface area (Å²) < 4.78 is 5.60. The monoisotopic (exact) mass is 132 g/mol. The van der Waals surface area contributed by atoms with Crippen LogP contribution in [0.5, 0.6) is 5.75 Å². The van der Waals surface area contributed by atoms with Crippen LogP contribution in [0, 0.1) is 0 Å². The van der Waals surface area contributed by atoms with Crippen LogP contribution in [-0.2, 0) is 12.8 Å². The lowest BCUT2D eigenvalue weighted by Gasteiger charge is -2.15. The molecule has 0 aromatic heterocycles. The van der Waals surface area contributed by atoms with E-state index in [9.17, 15) is 0 Å². The van der Waals surface area contributed by atoms with E-state index in [1.807, 2.05) is 0 Å². The first-order valence-corrected chi connectivity index (χ1v) is 3.70. The van der Waals surface area contributed by atoms with Gasteiger partial charge in [0.2, 0.25) is 0 Å². The highest BCUT2D eigenvalue weighted by Crippen LogP contribution is 2.33. The molecular weight excluding hydrogens is 124 g/mol. The van der Waals surface area contributed by atoms with Gasteiger partial charge in [-0.1, -0.05) is 6.07 Å². The lowest BCUT2D eigenvalue weighted by molar-refractivity contribution is 0.209. The molecule has 2 aliphatic rings. The molecule has 0 radical (unpaired) electrons. The lowest BCUT2D eigenvalue weighted by atomic mass is 10.1. The maximum Gasteiger partial charge on any atom is 0.120 e. The Labute approximate surface area is 59.6 Å². The van der Waals surface area contributed by atoms with Crippen molar-refractivity contribution >= 4 is 0 Å². The van der Waals surface area contributed by atoms with Crippen molar-refractivity contribution in [2.75, 3.05) is 0 Å². The molecule has 0 saturated carbocycles. The van der Waals surface area contributed by atoms with Gasteiger partial charge < -0.3 is 4.74 Å². The Bertz CT molecular complexity index is 286. The molecule has 3 rings (SSSR count). The SMILES string of the molecule is c1cc2c3cc1OC(C2)C3. The highest BCUT2D eigenvalue weighted by atomic mass is 16.5. The molecular formula is C9H8O. The van der Waals surface area contributed by atoms with Crippen LogP contribution in [0.25, 0.3) is 0 Å². The third-order valence-electron chi connectivity index (χ3n) is 2.38. The summed E-state index contributed by atoms with van der Waals surface area (Å²) in [5.74, 6) is 1.06. The van der Waals surface area contributed by atoms with Crippen LogP contribution in [0.4, 0.5) is 0 Å². The molecule has 1 aromatic carbocycles. The van der Waals surface area contributed by atoms with E-state index < -0.39 is 0 Å². The number of fused-ring (bicyclic) bond motifs is 2. The zero-order valence-corrected chi connectivity index (χ0v) is 5.63. The second-order valence-corrected chi connectivity index (χ2v) is 3.08. The molecule has 1 aromatic rings. The van der Waals surface area contributed by atoms with Gasteiger partial charge in [-0.25, -0.2) is 0 Å². The fourth-order valence-corrected chi connectivity index (χ4v) is 1.90. The minimum absolute atomic E-state index is 0.472. The Morgan fingerprint density at radius 3 is 3.10 bits per heavy atom.